The van der Waals surface area contributed by atoms with Gasteiger partial charge in [0.2, 0.25) is 5.91 Å². The molecule has 1 amide bonds. The van der Waals surface area contributed by atoms with Gasteiger partial charge in [0.25, 0.3) is 0 Å². The van der Waals surface area contributed by atoms with E-state index in [0.29, 0.717) is 6.42 Å². The number of nitrogens with one attached hydrogen (secondary N) is 1. The standard InChI is InChI=1S/C52H99NO3/c1-3-5-7-9-11-13-15-17-19-21-23-25-26-28-29-31-33-35-37-39-41-43-45-47-51(55)50(49-54)53-52(56)48-46-44-42-40-38-36-34-32-30-27-24-22-20-18-16-14-12-10-8-6-4-2/h27,30,37,39,45,47,50-51,54-55H,3-26,28-29,31-36,38,40-44,46,48-49H2,1-2H3,(H,53,56)/b30-27-,39-37+,47-45+. The Kier molecular flexibility index (Phi) is 46.8. The van der Waals surface area contributed by atoms with Crippen LogP contribution in [0.5, 0.6) is 0 Å². The summed E-state index contributed by atoms with van der Waals surface area (Å²) in [5.74, 6) is -0.0756. The van der Waals surface area contributed by atoms with Crippen LogP contribution >= 0.6 is 0 Å². The minimum atomic E-state index is -0.864. The van der Waals surface area contributed by atoms with Crippen LogP contribution in [0.15, 0.2) is 36.5 Å². The fraction of sp³-hybridized carbons (Fsp3) is 0.865. The maximum Gasteiger partial charge on any atom is 0.220 e. The lowest BCUT2D eigenvalue weighted by atomic mass is 10.0. The van der Waals surface area contributed by atoms with E-state index in [0.717, 1.165) is 32.1 Å². The van der Waals surface area contributed by atoms with Gasteiger partial charge in [0, 0.05) is 6.42 Å². The van der Waals surface area contributed by atoms with Crippen molar-refractivity contribution in [3.63, 3.8) is 0 Å². The predicted octanol–water partition coefficient (Wildman–Crippen LogP) is 16.1. The lowest BCUT2D eigenvalue weighted by Gasteiger charge is -2.19. The van der Waals surface area contributed by atoms with Crippen molar-refractivity contribution in [3.8, 4) is 0 Å². The third kappa shape index (κ3) is 43.7. The van der Waals surface area contributed by atoms with Crippen LogP contribution in [0.2, 0.25) is 0 Å². The molecule has 0 aliphatic rings. The molecule has 0 fully saturated rings. The quantitative estimate of drug-likeness (QED) is 0.0425. The second-order valence-electron chi connectivity index (χ2n) is 17.2. The summed E-state index contributed by atoms with van der Waals surface area (Å²) in [4.78, 5) is 12.4. The van der Waals surface area contributed by atoms with Gasteiger partial charge in [-0.3, -0.25) is 4.79 Å². The molecule has 3 N–H and O–H groups in total. The molecule has 4 heteroatoms. The van der Waals surface area contributed by atoms with E-state index in [9.17, 15) is 15.0 Å². The highest BCUT2D eigenvalue weighted by molar-refractivity contribution is 5.76. The van der Waals surface area contributed by atoms with Crippen molar-refractivity contribution in [2.24, 2.45) is 0 Å². The molecule has 0 aromatic carbocycles. The van der Waals surface area contributed by atoms with Gasteiger partial charge in [0.1, 0.15) is 0 Å². The number of unbranched alkanes of at least 4 members (excludes halogenated alkanes) is 35. The van der Waals surface area contributed by atoms with E-state index in [1.807, 2.05) is 6.08 Å². The van der Waals surface area contributed by atoms with Gasteiger partial charge in [-0.1, -0.05) is 243 Å². The Balaban J connectivity index is 3.56. The van der Waals surface area contributed by atoms with Crippen molar-refractivity contribution in [1.29, 1.82) is 0 Å². The first-order chi connectivity index (χ1) is 27.7. The summed E-state index contributed by atoms with van der Waals surface area (Å²) in [6.45, 7) is 4.32. The van der Waals surface area contributed by atoms with Crippen LogP contribution in [0.1, 0.15) is 271 Å². The number of hydrogen-bond acceptors (Lipinski definition) is 3. The van der Waals surface area contributed by atoms with Gasteiger partial charge in [0.15, 0.2) is 0 Å². The zero-order valence-electron chi connectivity index (χ0n) is 37.9. The molecule has 0 aromatic heterocycles. The van der Waals surface area contributed by atoms with Crippen LogP contribution < -0.4 is 5.32 Å². The summed E-state index contributed by atoms with van der Waals surface area (Å²) in [5.41, 5.74) is 0. The van der Waals surface area contributed by atoms with Gasteiger partial charge in [-0.25, -0.2) is 0 Å². The van der Waals surface area contributed by atoms with Crippen molar-refractivity contribution >= 4 is 5.91 Å². The van der Waals surface area contributed by atoms with Gasteiger partial charge in [-0.2, -0.15) is 0 Å². The first-order valence-corrected chi connectivity index (χ1v) is 25.2. The van der Waals surface area contributed by atoms with Crippen LogP contribution in [-0.2, 0) is 4.79 Å². The van der Waals surface area contributed by atoms with E-state index < -0.39 is 12.1 Å². The topological polar surface area (TPSA) is 69.6 Å². The zero-order chi connectivity index (χ0) is 40.7. The van der Waals surface area contributed by atoms with Gasteiger partial charge < -0.3 is 15.5 Å². The maximum atomic E-state index is 12.4. The fourth-order valence-corrected chi connectivity index (χ4v) is 7.72. The number of allylic oxidation sites excluding steroid dienone is 5. The molecule has 0 bridgehead atoms. The van der Waals surface area contributed by atoms with Gasteiger partial charge >= 0.3 is 0 Å². The Morgan fingerprint density at radius 2 is 0.696 bits per heavy atom. The Bertz CT molecular complexity index is 851. The average molecular weight is 786 g/mol. The van der Waals surface area contributed by atoms with E-state index in [4.69, 9.17) is 0 Å². The van der Waals surface area contributed by atoms with E-state index in [2.05, 4.69) is 43.5 Å². The Hall–Kier alpha value is -1.39. The molecule has 0 radical (unpaired) electrons. The molecule has 0 saturated carbocycles. The minimum absolute atomic E-state index is 0.0756. The van der Waals surface area contributed by atoms with E-state index in [-0.39, 0.29) is 12.5 Å². The highest BCUT2D eigenvalue weighted by atomic mass is 16.3. The summed E-state index contributed by atoms with van der Waals surface area (Å²) < 4.78 is 0. The lowest BCUT2D eigenvalue weighted by molar-refractivity contribution is -0.123. The largest absolute Gasteiger partial charge is 0.394 e. The Labute approximate surface area is 351 Å². The number of rotatable bonds is 46. The molecule has 0 aliphatic heterocycles. The third-order valence-corrected chi connectivity index (χ3v) is 11.6. The first kappa shape index (κ1) is 54.6. The highest BCUT2D eigenvalue weighted by Crippen LogP contribution is 2.16. The van der Waals surface area contributed by atoms with E-state index in [1.54, 1.807) is 6.08 Å². The maximum absolute atomic E-state index is 12.4. The number of aliphatic hydroxyl groups is 2. The number of amides is 1. The molecule has 0 rings (SSSR count). The molecule has 2 unspecified atom stereocenters. The van der Waals surface area contributed by atoms with Crippen molar-refractivity contribution < 1.29 is 15.0 Å². The van der Waals surface area contributed by atoms with Gasteiger partial charge in [-0.05, 0) is 57.8 Å². The molecule has 330 valence electrons. The molecule has 2 atom stereocenters. The fourth-order valence-electron chi connectivity index (χ4n) is 7.72. The second kappa shape index (κ2) is 48.0. The summed E-state index contributed by atoms with van der Waals surface area (Å²) in [7, 11) is 0. The molecular formula is C52H99NO3. The molecular weight excluding hydrogens is 687 g/mol. The molecule has 0 heterocycles. The molecule has 0 aromatic rings. The highest BCUT2D eigenvalue weighted by Gasteiger charge is 2.17. The average Bonchev–Trinajstić information content (AvgIpc) is 3.20. The van der Waals surface area contributed by atoms with Crippen molar-refractivity contribution in [2.75, 3.05) is 6.61 Å². The predicted molar refractivity (Wildman–Crippen MR) is 248 cm³/mol. The van der Waals surface area contributed by atoms with Crippen LogP contribution in [0.25, 0.3) is 0 Å². The van der Waals surface area contributed by atoms with Crippen molar-refractivity contribution in [1.82, 2.24) is 5.32 Å². The molecule has 0 spiro atoms. The number of aliphatic hydroxyl groups excluding tert-OH is 2. The third-order valence-electron chi connectivity index (χ3n) is 11.6. The summed E-state index contributed by atoms with van der Waals surface area (Å²) >= 11 is 0. The zero-order valence-corrected chi connectivity index (χ0v) is 37.9. The minimum Gasteiger partial charge on any atom is -0.394 e. The molecule has 4 nitrogen and oxygen atoms in total. The first-order valence-electron chi connectivity index (χ1n) is 25.2. The van der Waals surface area contributed by atoms with E-state index >= 15 is 0 Å². The van der Waals surface area contributed by atoms with Crippen molar-refractivity contribution in [2.45, 2.75) is 283 Å². The Morgan fingerprint density at radius 3 is 1.04 bits per heavy atom. The summed E-state index contributed by atoms with van der Waals surface area (Å²) in [6, 6.07) is -0.641. The van der Waals surface area contributed by atoms with E-state index in [1.165, 1.54) is 218 Å². The summed E-state index contributed by atoms with van der Waals surface area (Å²) in [6.07, 6.45) is 64.2. The summed E-state index contributed by atoms with van der Waals surface area (Å²) in [5, 5.41) is 23.1. The molecule has 0 saturated heterocycles. The Morgan fingerprint density at radius 1 is 0.411 bits per heavy atom. The SMILES string of the molecule is CCCCCCCCCCCC/C=C\CCCCCCCCCC(=O)NC(CO)C(O)/C=C/CC/C=C/CCCCCCCCCCCCCCCCCCC. The second-order valence-corrected chi connectivity index (χ2v) is 17.2. The smallest absolute Gasteiger partial charge is 0.220 e. The van der Waals surface area contributed by atoms with Crippen LogP contribution in [0.3, 0.4) is 0 Å². The normalized spacial score (nSPS) is 13.1. The van der Waals surface area contributed by atoms with Crippen LogP contribution in [0, 0.1) is 0 Å². The number of carbonyl (C=O) groups is 1. The van der Waals surface area contributed by atoms with Crippen LogP contribution in [0.4, 0.5) is 0 Å². The van der Waals surface area contributed by atoms with Crippen LogP contribution in [-0.4, -0.2) is 34.9 Å². The monoisotopic (exact) mass is 786 g/mol. The molecule has 56 heavy (non-hydrogen) atoms. The molecule has 0 aliphatic carbocycles. The van der Waals surface area contributed by atoms with Gasteiger partial charge in [0.05, 0.1) is 18.8 Å². The van der Waals surface area contributed by atoms with Crippen molar-refractivity contribution in [3.05, 3.63) is 36.5 Å². The lowest BCUT2D eigenvalue weighted by Crippen LogP contribution is -2.45. The van der Waals surface area contributed by atoms with Gasteiger partial charge in [-0.15, -0.1) is 0 Å². The number of hydrogen-bond donors (Lipinski definition) is 3. The number of carbonyl (C=O) groups excluding carboxylic acids is 1.